The lowest BCUT2D eigenvalue weighted by molar-refractivity contribution is 0.102. The van der Waals surface area contributed by atoms with E-state index in [1.165, 1.54) is 32.4 Å². The van der Waals surface area contributed by atoms with Crippen LogP contribution in [0.2, 0.25) is 5.02 Å². The smallest absolute Gasteiger partial charge is 0.232 e. The van der Waals surface area contributed by atoms with Gasteiger partial charge < -0.3 is 15.2 Å². The van der Waals surface area contributed by atoms with E-state index in [4.69, 9.17) is 26.8 Å². The number of carbonyl (C=O) groups is 1. The van der Waals surface area contributed by atoms with Crippen LogP contribution < -0.4 is 15.2 Å². The molecular formula is C13H11ClFN3O3. The summed E-state index contributed by atoms with van der Waals surface area (Å²) in [6.45, 7) is 0. The van der Waals surface area contributed by atoms with Crippen molar-refractivity contribution in [2.45, 2.75) is 0 Å². The molecule has 110 valence electrons. The van der Waals surface area contributed by atoms with Gasteiger partial charge in [0.15, 0.2) is 5.82 Å². The highest BCUT2D eigenvalue weighted by molar-refractivity contribution is 6.31. The number of aromatic nitrogens is 2. The summed E-state index contributed by atoms with van der Waals surface area (Å²) >= 11 is 5.59. The summed E-state index contributed by atoms with van der Waals surface area (Å²) in [6, 6.07) is 3.94. The van der Waals surface area contributed by atoms with E-state index in [1.54, 1.807) is 0 Å². The number of methoxy groups -OCH3 is 2. The average molecular weight is 312 g/mol. The number of hydrogen-bond donors (Lipinski definition) is 1. The van der Waals surface area contributed by atoms with Crippen molar-refractivity contribution in [3.8, 4) is 11.8 Å². The number of hydrogen-bond acceptors (Lipinski definition) is 6. The Morgan fingerprint density at radius 1 is 1.24 bits per heavy atom. The zero-order chi connectivity index (χ0) is 15.6. The molecule has 1 aromatic carbocycles. The second-order valence-corrected chi connectivity index (χ2v) is 4.34. The van der Waals surface area contributed by atoms with Gasteiger partial charge in [-0.05, 0) is 12.1 Å². The SMILES string of the molecule is COc1cc(OC)nc(C(=O)c2ccc(Cl)c(F)c2N)n1. The number of anilines is 1. The molecule has 0 aliphatic carbocycles. The quantitative estimate of drug-likeness (QED) is 0.687. The molecule has 0 aliphatic heterocycles. The van der Waals surface area contributed by atoms with Gasteiger partial charge in [-0.2, -0.15) is 9.97 Å². The van der Waals surface area contributed by atoms with Gasteiger partial charge in [0, 0.05) is 0 Å². The van der Waals surface area contributed by atoms with Crippen molar-refractivity contribution < 1.29 is 18.7 Å². The number of rotatable bonds is 4. The van der Waals surface area contributed by atoms with E-state index in [-0.39, 0.29) is 33.9 Å². The molecule has 0 spiro atoms. The fourth-order valence-corrected chi connectivity index (χ4v) is 1.76. The van der Waals surface area contributed by atoms with E-state index in [2.05, 4.69) is 9.97 Å². The van der Waals surface area contributed by atoms with Gasteiger partial charge in [0.1, 0.15) is 0 Å². The van der Waals surface area contributed by atoms with E-state index in [0.717, 1.165) is 0 Å². The molecule has 2 N–H and O–H groups in total. The molecule has 0 unspecified atom stereocenters. The zero-order valence-electron chi connectivity index (χ0n) is 11.2. The van der Waals surface area contributed by atoms with Gasteiger partial charge in [-0.15, -0.1) is 0 Å². The average Bonchev–Trinajstić information content (AvgIpc) is 2.51. The third kappa shape index (κ3) is 2.87. The minimum Gasteiger partial charge on any atom is -0.481 e. The maximum absolute atomic E-state index is 13.7. The molecule has 0 saturated carbocycles. The van der Waals surface area contributed by atoms with Crippen molar-refractivity contribution in [3.05, 3.63) is 40.4 Å². The number of ketones is 1. The molecule has 2 rings (SSSR count). The molecule has 0 fully saturated rings. The fourth-order valence-electron chi connectivity index (χ4n) is 1.60. The largest absolute Gasteiger partial charge is 0.481 e. The Hall–Kier alpha value is -2.41. The lowest BCUT2D eigenvalue weighted by Gasteiger charge is -2.08. The first kappa shape index (κ1) is 15.0. The molecule has 0 amide bonds. The van der Waals surface area contributed by atoms with Crippen molar-refractivity contribution in [1.82, 2.24) is 9.97 Å². The Morgan fingerprint density at radius 2 is 1.81 bits per heavy atom. The van der Waals surface area contributed by atoms with Gasteiger partial charge in [-0.1, -0.05) is 11.6 Å². The third-order valence-corrected chi connectivity index (χ3v) is 2.97. The molecule has 0 saturated heterocycles. The van der Waals surface area contributed by atoms with Crippen LogP contribution in [0.4, 0.5) is 10.1 Å². The molecule has 0 atom stereocenters. The highest BCUT2D eigenvalue weighted by Gasteiger charge is 2.21. The Morgan fingerprint density at radius 3 is 2.33 bits per heavy atom. The summed E-state index contributed by atoms with van der Waals surface area (Å²) in [6.07, 6.45) is 0. The van der Waals surface area contributed by atoms with Crippen LogP contribution in [-0.2, 0) is 0 Å². The van der Waals surface area contributed by atoms with Crippen molar-refractivity contribution in [2.75, 3.05) is 20.0 Å². The topological polar surface area (TPSA) is 87.3 Å². The number of benzene rings is 1. The standard InChI is InChI=1S/C13H11ClFN3O3/c1-20-8-5-9(21-2)18-13(17-8)12(19)6-3-4-7(14)10(15)11(6)16/h3-5H,16H2,1-2H3. The predicted molar refractivity (Wildman–Crippen MR) is 74.4 cm³/mol. The van der Waals surface area contributed by atoms with Crippen molar-refractivity contribution in [3.63, 3.8) is 0 Å². The number of halogens is 2. The normalized spacial score (nSPS) is 10.3. The number of nitrogen functional groups attached to an aromatic ring is 1. The van der Waals surface area contributed by atoms with E-state index in [1.807, 2.05) is 0 Å². The van der Waals surface area contributed by atoms with Crippen LogP contribution in [0.3, 0.4) is 0 Å². The molecule has 0 bridgehead atoms. The van der Waals surface area contributed by atoms with Crippen LogP contribution in [0.25, 0.3) is 0 Å². The number of carbonyl (C=O) groups excluding carboxylic acids is 1. The lowest BCUT2D eigenvalue weighted by Crippen LogP contribution is -2.12. The molecule has 6 nitrogen and oxygen atoms in total. The van der Waals surface area contributed by atoms with Gasteiger partial charge in [-0.25, -0.2) is 4.39 Å². The zero-order valence-corrected chi connectivity index (χ0v) is 11.9. The van der Waals surface area contributed by atoms with Gasteiger partial charge in [0.2, 0.25) is 23.4 Å². The molecule has 1 aromatic heterocycles. The summed E-state index contributed by atoms with van der Waals surface area (Å²) in [5.74, 6) is -1.48. The van der Waals surface area contributed by atoms with Crippen molar-refractivity contribution >= 4 is 23.1 Å². The number of nitrogens with two attached hydrogens (primary N) is 1. The Kier molecular flexibility index (Phi) is 4.23. The molecule has 2 aromatic rings. The second-order valence-electron chi connectivity index (χ2n) is 3.93. The molecule has 1 heterocycles. The summed E-state index contributed by atoms with van der Waals surface area (Å²) < 4.78 is 23.6. The van der Waals surface area contributed by atoms with Crippen LogP contribution in [0.1, 0.15) is 16.2 Å². The first-order valence-electron chi connectivity index (χ1n) is 5.73. The fraction of sp³-hybridized carbons (Fsp3) is 0.154. The Balaban J connectivity index is 2.52. The highest BCUT2D eigenvalue weighted by Crippen LogP contribution is 2.26. The van der Waals surface area contributed by atoms with E-state index < -0.39 is 11.6 Å². The summed E-state index contributed by atoms with van der Waals surface area (Å²) in [5.41, 5.74) is 5.11. The van der Waals surface area contributed by atoms with Gasteiger partial charge in [-0.3, -0.25) is 4.79 Å². The maximum Gasteiger partial charge on any atom is 0.232 e. The Labute approximate surface area is 124 Å². The summed E-state index contributed by atoms with van der Waals surface area (Å²) in [7, 11) is 2.76. The molecule has 21 heavy (non-hydrogen) atoms. The second kappa shape index (κ2) is 5.92. The van der Waals surface area contributed by atoms with E-state index in [9.17, 15) is 9.18 Å². The van der Waals surface area contributed by atoms with Crippen molar-refractivity contribution in [1.29, 1.82) is 0 Å². The lowest BCUT2D eigenvalue weighted by atomic mass is 10.1. The molecular weight excluding hydrogens is 301 g/mol. The highest BCUT2D eigenvalue weighted by atomic mass is 35.5. The first-order chi connectivity index (χ1) is 9.97. The predicted octanol–water partition coefficient (Wildman–Crippen LogP) is 2.10. The first-order valence-corrected chi connectivity index (χ1v) is 6.11. The Bertz CT molecular complexity index is 687. The molecule has 0 radical (unpaired) electrons. The number of nitrogens with zero attached hydrogens (tertiary/aromatic N) is 2. The van der Waals surface area contributed by atoms with Gasteiger partial charge >= 0.3 is 0 Å². The van der Waals surface area contributed by atoms with Crippen LogP contribution in [0.15, 0.2) is 18.2 Å². The monoisotopic (exact) mass is 311 g/mol. The van der Waals surface area contributed by atoms with Crippen molar-refractivity contribution in [2.24, 2.45) is 0 Å². The van der Waals surface area contributed by atoms with Gasteiger partial charge in [0.05, 0.1) is 36.6 Å². The van der Waals surface area contributed by atoms with Gasteiger partial charge in [0.25, 0.3) is 0 Å². The molecule has 0 aliphatic rings. The minimum absolute atomic E-state index is 0.0905. The molecule has 8 heteroatoms. The third-order valence-electron chi connectivity index (χ3n) is 2.68. The summed E-state index contributed by atoms with van der Waals surface area (Å²) in [5, 5.41) is -0.173. The number of ether oxygens (including phenoxy) is 2. The van der Waals surface area contributed by atoms with E-state index in [0.29, 0.717) is 0 Å². The minimum atomic E-state index is -0.864. The van der Waals surface area contributed by atoms with E-state index >= 15 is 0 Å². The maximum atomic E-state index is 13.7. The summed E-state index contributed by atoms with van der Waals surface area (Å²) in [4.78, 5) is 20.1. The van der Waals surface area contributed by atoms with Crippen LogP contribution in [-0.4, -0.2) is 30.0 Å². The van der Waals surface area contributed by atoms with Crippen LogP contribution in [0.5, 0.6) is 11.8 Å². The van der Waals surface area contributed by atoms with Crippen LogP contribution >= 0.6 is 11.6 Å². The van der Waals surface area contributed by atoms with Crippen LogP contribution in [0, 0.1) is 5.82 Å².